The van der Waals surface area contributed by atoms with Crippen molar-refractivity contribution in [3.8, 4) is 0 Å². The van der Waals surface area contributed by atoms with E-state index < -0.39 is 12.6 Å². The first kappa shape index (κ1) is 21.1. The van der Waals surface area contributed by atoms with Gasteiger partial charge in [0.1, 0.15) is 17.0 Å². The highest BCUT2D eigenvalue weighted by atomic mass is 32.1. The molecule has 4 rings (SSSR count). The molecule has 1 aliphatic heterocycles. The molecule has 7 heteroatoms. The number of fused-ring (bicyclic) bond motifs is 1. The van der Waals surface area contributed by atoms with E-state index in [0.717, 1.165) is 61.3 Å². The molecule has 0 N–H and O–H groups in total. The van der Waals surface area contributed by atoms with Crippen LogP contribution in [0.5, 0.6) is 0 Å². The third-order valence-electron chi connectivity index (χ3n) is 6.11. The van der Waals surface area contributed by atoms with Gasteiger partial charge in [-0.05, 0) is 49.1 Å². The molecule has 0 saturated carbocycles. The van der Waals surface area contributed by atoms with E-state index in [1.54, 1.807) is 6.07 Å². The van der Waals surface area contributed by atoms with Crippen LogP contribution in [0.3, 0.4) is 0 Å². The number of rotatable bonds is 5. The van der Waals surface area contributed by atoms with Crippen molar-refractivity contribution in [2.45, 2.75) is 45.2 Å². The van der Waals surface area contributed by atoms with E-state index in [0.29, 0.717) is 21.5 Å². The lowest BCUT2D eigenvalue weighted by Crippen LogP contribution is -2.25. The van der Waals surface area contributed by atoms with Gasteiger partial charge >= 0.3 is 6.18 Å². The Morgan fingerprint density at radius 1 is 1.10 bits per heavy atom. The maximum atomic E-state index is 12.8. The van der Waals surface area contributed by atoms with E-state index >= 15 is 0 Å². The lowest BCUT2D eigenvalue weighted by molar-refractivity contribution is -0.126. The number of thiophene rings is 1. The number of halogens is 3. The maximum absolute atomic E-state index is 12.8. The van der Waals surface area contributed by atoms with Crippen molar-refractivity contribution in [3.05, 3.63) is 53.2 Å². The second-order valence-electron chi connectivity index (χ2n) is 8.25. The summed E-state index contributed by atoms with van der Waals surface area (Å²) in [6, 6.07) is 12.2. The number of aromatic nitrogens is 2. The van der Waals surface area contributed by atoms with Crippen molar-refractivity contribution in [1.82, 2.24) is 9.97 Å². The molecule has 2 atom stereocenters. The van der Waals surface area contributed by atoms with Crippen molar-refractivity contribution in [3.63, 3.8) is 0 Å². The van der Waals surface area contributed by atoms with Gasteiger partial charge in [0.15, 0.2) is 0 Å². The summed E-state index contributed by atoms with van der Waals surface area (Å²) in [7, 11) is 0. The first-order valence-corrected chi connectivity index (χ1v) is 11.3. The van der Waals surface area contributed by atoms with Gasteiger partial charge in [-0.2, -0.15) is 13.2 Å². The van der Waals surface area contributed by atoms with Gasteiger partial charge in [-0.15, -0.1) is 11.3 Å². The molecule has 160 valence electrons. The first-order valence-electron chi connectivity index (χ1n) is 10.5. The van der Waals surface area contributed by atoms with Crippen molar-refractivity contribution in [2.24, 2.45) is 11.8 Å². The van der Waals surface area contributed by atoms with Gasteiger partial charge in [0.25, 0.3) is 0 Å². The maximum Gasteiger partial charge on any atom is 0.393 e. The van der Waals surface area contributed by atoms with E-state index in [1.165, 1.54) is 11.9 Å². The molecule has 3 heterocycles. The summed E-state index contributed by atoms with van der Waals surface area (Å²) in [6.45, 7) is 4.07. The zero-order valence-electron chi connectivity index (χ0n) is 17.0. The second-order valence-corrected chi connectivity index (χ2v) is 9.36. The van der Waals surface area contributed by atoms with E-state index in [2.05, 4.69) is 46.1 Å². The minimum Gasteiger partial charge on any atom is -0.356 e. The fraction of sp³-hybridized carbons (Fsp3) is 0.478. The van der Waals surface area contributed by atoms with Crippen LogP contribution in [0.25, 0.3) is 10.2 Å². The number of benzene rings is 1. The lowest BCUT2D eigenvalue weighted by atomic mass is 9.85. The summed E-state index contributed by atoms with van der Waals surface area (Å²) in [5, 5.41) is 0.747. The van der Waals surface area contributed by atoms with Crippen molar-refractivity contribution in [2.75, 3.05) is 18.0 Å². The average molecular weight is 434 g/mol. The third-order valence-corrected chi connectivity index (χ3v) is 7.15. The lowest BCUT2D eigenvalue weighted by Gasteiger charge is -2.22. The fourth-order valence-corrected chi connectivity index (χ4v) is 5.40. The molecular weight excluding hydrogens is 407 g/mol. The Hall–Kier alpha value is -2.15. The largest absolute Gasteiger partial charge is 0.393 e. The van der Waals surface area contributed by atoms with Gasteiger partial charge in [-0.3, -0.25) is 0 Å². The minimum atomic E-state index is -4.21. The Morgan fingerprint density at radius 2 is 1.87 bits per heavy atom. The van der Waals surface area contributed by atoms with Crippen LogP contribution in [0, 0.1) is 11.8 Å². The van der Waals surface area contributed by atoms with Crippen LogP contribution in [-0.4, -0.2) is 29.2 Å². The van der Waals surface area contributed by atoms with Gasteiger partial charge in [0.05, 0.1) is 11.8 Å². The Balaban J connectivity index is 1.47. The molecule has 0 unspecified atom stereocenters. The summed E-state index contributed by atoms with van der Waals surface area (Å²) >= 11 is 1.12. The SMILES string of the molecule is C[C@H]1CCN(c2ncnc3sc(CC(F)(F)F)cc23)CC[C@H]1CCc1ccccc1. The molecule has 1 aliphatic rings. The molecular formula is C23H26F3N3S. The Labute approximate surface area is 179 Å². The standard InChI is InChI=1S/C23H26F3N3S/c1-16-9-11-29(12-10-18(16)8-7-17-5-3-2-4-6-17)21-20-13-19(14-23(24,25)26)30-22(20)28-15-27-21/h2-6,13,15-16,18H,7-12,14H2,1H3/t16-,18+/m0/s1. The number of anilines is 1. The Kier molecular flexibility index (Phi) is 6.27. The average Bonchev–Trinajstić information content (AvgIpc) is 3.01. The van der Waals surface area contributed by atoms with Crippen molar-refractivity contribution >= 4 is 27.4 Å². The number of hydrogen-bond acceptors (Lipinski definition) is 4. The summed E-state index contributed by atoms with van der Waals surface area (Å²) in [5.74, 6) is 2.02. The smallest absolute Gasteiger partial charge is 0.356 e. The van der Waals surface area contributed by atoms with Crippen LogP contribution in [-0.2, 0) is 12.8 Å². The molecule has 0 bridgehead atoms. The predicted molar refractivity (Wildman–Crippen MR) is 116 cm³/mol. The van der Waals surface area contributed by atoms with E-state index in [9.17, 15) is 13.2 Å². The number of alkyl halides is 3. The van der Waals surface area contributed by atoms with E-state index in [-0.39, 0.29) is 0 Å². The highest BCUT2D eigenvalue weighted by Gasteiger charge is 2.30. The fourth-order valence-electron chi connectivity index (χ4n) is 4.38. The monoisotopic (exact) mass is 433 g/mol. The third kappa shape index (κ3) is 5.12. The van der Waals surface area contributed by atoms with Gasteiger partial charge in [0, 0.05) is 18.0 Å². The number of aryl methyl sites for hydroxylation is 1. The topological polar surface area (TPSA) is 29.0 Å². The highest BCUT2D eigenvalue weighted by Crippen LogP contribution is 2.36. The summed E-state index contributed by atoms with van der Waals surface area (Å²) < 4.78 is 38.5. The van der Waals surface area contributed by atoms with Crippen LogP contribution in [0.15, 0.2) is 42.7 Å². The zero-order chi connectivity index (χ0) is 21.1. The molecule has 0 amide bonds. The highest BCUT2D eigenvalue weighted by molar-refractivity contribution is 7.18. The first-order chi connectivity index (χ1) is 14.4. The summed E-state index contributed by atoms with van der Waals surface area (Å²) in [5.41, 5.74) is 1.37. The van der Waals surface area contributed by atoms with E-state index in [1.807, 2.05) is 6.07 Å². The molecule has 30 heavy (non-hydrogen) atoms. The summed E-state index contributed by atoms with van der Waals surface area (Å²) in [4.78, 5) is 11.9. The van der Waals surface area contributed by atoms with Crippen LogP contribution >= 0.6 is 11.3 Å². The molecule has 0 aliphatic carbocycles. The van der Waals surface area contributed by atoms with Gasteiger partial charge in [-0.1, -0.05) is 37.3 Å². The quantitative estimate of drug-likeness (QED) is 0.474. The minimum absolute atomic E-state index is 0.295. The molecule has 3 aromatic rings. The molecule has 1 saturated heterocycles. The van der Waals surface area contributed by atoms with Gasteiger partial charge in [0.2, 0.25) is 0 Å². The zero-order valence-corrected chi connectivity index (χ0v) is 17.8. The van der Waals surface area contributed by atoms with E-state index in [4.69, 9.17) is 0 Å². The van der Waals surface area contributed by atoms with Crippen molar-refractivity contribution in [1.29, 1.82) is 0 Å². The van der Waals surface area contributed by atoms with Crippen LogP contribution in [0.4, 0.5) is 19.0 Å². The predicted octanol–water partition coefficient (Wildman–Crippen LogP) is 6.28. The normalized spacial score (nSPS) is 20.5. The molecule has 1 fully saturated rings. The molecule has 2 aromatic heterocycles. The Morgan fingerprint density at radius 3 is 2.63 bits per heavy atom. The van der Waals surface area contributed by atoms with Crippen LogP contribution in [0.1, 0.15) is 36.6 Å². The molecule has 3 nitrogen and oxygen atoms in total. The number of nitrogens with zero attached hydrogens (tertiary/aromatic N) is 3. The van der Waals surface area contributed by atoms with Gasteiger partial charge < -0.3 is 4.90 Å². The van der Waals surface area contributed by atoms with Crippen LogP contribution in [0.2, 0.25) is 0 Å². The van der Waals surface area contributed by atoms with Crippen molar-refractivity contribution < 1.29 is 13.2 Å². The second kappa shape index (κ2) is 8.92. The Bertz CT molecular complexity index is 971. The number of hydrogen-bond donors (Lipinski definition) is 0. The van der Waals surface area contributed by atoms with Gasteiger partial charge in [-0.25, -0.2) is 9.97 Å². The molecule has 0 spiro atoms. The molecule has 1 aromatic carbocycles. The summed E-state index contributed by atoms with van der Waals surface area (Å²) in [6.07, 6.45) is 0.728. The molecule has 0 radical (unpaired) electrons. The van der Waals surface area contributed by atoms with Crippen LogP contribution < -0.4 is 4.90 Å².